The summed E-state index contributed by atoms with van der Waals surface area (Å²) in [6, 6.07) is -0.320. The fourth-order valence-electron chi connectivity index (χ4n) is 2.32. The van der Waals surface area contributed by atoms with Crippen molar-refractivity contribution in [1.29, 1.82) is 0 Å². The van der Waals surface area contributed by atoms with Crippen molar-refractivity contribution in [3.05, 3.63) is 0 Å². The van der Waals surface area contributed by atoms with Gasteiger partial charge >= 0.3 is 0 Å². The maximum Gasteiger partial charge on any atom is 0.239 e. The van der Waals surface area contributed by atoms with Crippen LogP contribution in [0.4, 0.5) is 0 Å². The van der Waals surface area contributed by atoms with E-state index in [4.69, 9.17) is 5.73 Å². The van der Waals surface area contributed by atoms with Gasteiger partial charge in [-0.1, -0.05) is 34.1 Å². The Hall–Kier alpha value is -0.570. The Labute approximate surface area is 99.4 Å². The van der Waals surface area contributed by atoms with Crippen LogP contribution in [-0.2, 0) is 4.79 Å². The third-order valence-electron chi connectivity index (χ3n) is 3.75. The van der Waals surface area contributed by atoms with Gasteiger partial charge in [0.05, 0.1) is 6.04 Å². The van der Waals surface area contributed by atoms with Crippen molar-refractivity contribution in [3.63, 3.8) is 0 Å². The van der Waals surface area contributed by atoms with Crippen LogP contribution in [0.2, 0.25) is 0 Å². The van der Waals surface area contributed by atoms with Gasteiger partial charge in [0.2, 0.25) is 5.91 Å². The summed E-state index contributed by atoms with van der Waals surface area (Å²) in [6.07, 6.45) is 3.27. The number of likely N-dealkylation sites (tertiary alicyclic amines) is 1. The first-order valence-electron chi connectivity index (χ1n) is 6.42. The van der Waals surface area contributed by atoms with Crippen molar-refractivity contribution < 1.29 is 4.79 Å². The van der Waals surface area contributed by atoms with Crippen LogP contribution >= 0.6 is 0 Å². The number of nitrogens with zero attached hydrogens (tertiary/aromatic N) is 1. The highest BCUT2D eigenvalue weighted by molar-refractivity contribution is 5.82. The van der Waals surface area contributed by atoms with Gasteiger partial charge < -0.3 is 10.6 Å². The van der Waals surface area contributed by atoms with Gasteiger partial charge in [0.1, 0.15) is 0 Å². The second kappa shape index (κ2) is 5.17. The van der Waals surface area contributed by atoms with Crippen LogP contribution in [0.1, 0.15) is 47.0 Å². The molecule has 1 unspecified atom stereocenters. The van der Waals surface area contributed by atoms with Crippen molar-refractivity contribution in [1.82, 2.24) is 4.90 Å². The highest BCUT2D eigenvalue weighted by Gasteiger charge is 2.32. The summed E-state index contributed by atoms with van der Waals surface area (Å²) in [4.78, 5) is 14.1. The van der Waals surface area contributed by atoms with Gasteiger partial charge in [-0.15, -0.1) is 0 Å². The lowest BCUT2D eigenvalue weighted by molar-refractivity contribution is -0.136. The first kappa shape index (κ1) is 13.5. The lowest BCUT2D eigenvalue weighted by Gasteiger charge is -2.39. The normalized spacial score (nSPS) is 23.9. The van der Waals surface area contributed by atoms with E-state index in [1.807, 2.05) is 4.90 Å². The summed E-state index contributed by atoms with van der Waals surface area (Å²) in [6.45, 7) is 10.3. The van der Waals surface area contributed by atoms with Crippen LogP contribution in [0.5, 0.6) is 0 Å². The molecule has 0 saturated carbocycles. The molecular formula is C13H26N2O. The van der Waals surface area contributed by atoms with Gasteiger partial charge in [0.15, 0.2) is 0 Å². The van der Waals surface area contributed by atoms with Gasteiger partial charge in [-0.3, -0.25) is 4.79 Å². The van der Waals surface area contributed by atoms with Gasteiger partial charge in [0.25, 0.3) is 0 Å². The smallest absolute Gasteiger partial charge is 0.239 e. The SMILES string of the molecule is CCC(C)[C@H](N)C(=O)N1CCCC(C)(C)C1. The molecule has 1 fully saturated rings. The standard InChI is InChI=1S/C13H26N2O/c1-5-10(2)11(14)12(16)15-8-6-7-13(3,4)9-15/h10-11H,5-9,14H2,1-4H3/t10?,11-/m0/s1. The lowest BCUT2D eigenvalue weighted by Crippen LogP contribution is -2.52. The molecule has 0 spiro atoms. The number of hydrogen-bond donors (Lipinski definition) is 1. The number of amides is 1. The highest BCUT2D eigenvalue weighted by atomic mass is 16.2. The highest BCUT2D eigenvalue weighted by Crippen LogP contribution is 2.28. The summed E-state index contributed by atoms with van der Waals surface area (Å²) in [7, 11) is 0. The molecule has 1 amide bonds. The molecule has 3 nitrogen and oxygen atoms in total. The second-order valence-corrected chi connectivity index (χ2v) is 5.94. The predicted molar refractivity (Wildman–Crippen MR) is 67.0 cm³/mol. The average Bonchev–Trinajstić information content (AvgIpc) is 2.24. The summed E-state index contributed by atoms with van der Waals surface area (Å²) in [5, 5.41) is 0. The molecule has 0 aliphatic carbocycles. The van der Waals surface area contributed by atoms with E-state index in [2.05, 4.69) is 27.7 Å². The van der Waals surface area contributed by atoms with Crippen molar-refractivity contribution in [2.45, 2.75) is 53.0 Å². The van der Waals surface area contributed by atoms with E-state index in [1.54, 1.807) is 0 Å². The zero-order chi connectivity index (χ0) is 12.3. The van der Waals surface area contributed by atoms with E-state index >= 15 is 0 Å². The Kier molecular flexibility index (Phi) is 4.36. The zero-order valence-electron chi connectivity index (χ0n) is 11.1. The van der Waals surface area contributed by atoms with Gasteiger partial charge in [-0.05, 0) is 24.2 Å². The molecule has 2 atom stereocenters. The van der Waals surface area contributed by atoms with E-state index in [0.717, 1.165) is 25.9 Å². The zero-order valence-corrected chi connectivity index (χ0v) is 11.1. The number of hydrogen-bond acceptors (Lipinski definition) is 2. The van der Waals surface area contributed by atoms with Crippen LogP contribution in [-0.4, -0.2) is 29.9 Å². The molecule has 0 radical (unpaired) electrons. The Morgan fingerprint density at radius 3 is 2.62 bits per heavy atom. The minimum Gasteiger partial charge on any atom is -0.341 e. The maximum atomic E-state index is 12.2. The monoisotopic (exact) mass is 226 g/mol. The summed E-state index contributed by atoms with van der Waals surface area (Å²) < 4.78 is 0. The van der Waals surface area contributed by atoms with Gasteiger partial charge in [-0.25, -0.2) is 0 Å². The Bertz CT molecular complexity index is 250. The quantitative estimate of drug-likeness (QED) is 0.800. The second-order valence-electron chi connectivity index (χ2n) is 5.94. The number of carbonyl (C=O) groups is 1. The number of nitrogens with two attached hydrogens (primary N) is 1. The predicted octanol–water partition coefficient (Wildman–Crippen LogP) is 2.01. The minimum atomic E-state index is -0.320. The number of rotatable bonds is 3. The molecule has 2 N–H and O–H groups in total. The topological polar surface area (TPSA) is 46.3 Å². The largest absolute Gasteiger partial charge is 0.341 e. The van der Waals surface area contributed by atoms with Crippen molar-refractivity contribution >= 4 is 5.91 Å². The first-order chi connectivity index (χ1) is 7.37. The van der Waals surface area contributed by atoms with Gasteiger partial charge in [-0.2, -0.15) is 0 Å². The summed E-state index contributed by atoms with van der Waals surface area (Å²) >= 11 is 0. The van der Waals surface area contributed by atoms with E-state index < -0.39 is 0 Å². The van der Waals surface area contributed by atoms with Gasteiger partial charge in [0, 0.05) is 13.1 Å². The Balaban J connectivity index is 2.60. The molecule has 0 aromatic heterocycles. The van der Waals surface area contributed by atoms with Crippen LogP contribution in [0.3, 0.4) is 0 Å². The van der Waals surface area contributed by atoms with Crippen LogP contribution in [0.15, 0.2) is 0 Å². The van der Waals surface area contributed by atoms with Crippen molar-refractivity contribution in [2.75, 3.05) is 13.1 Å². The van der Waals surface area contributed by atoms with Crippen LogP contribution in [0.25, 0.3) is 0 Å². The minimum absolute atomic E-state index is 0.141. The molecule has 0 bridgehead atoms. The molecule has 3 heteroatoms. The molecule has 94 valence electrons. The fraction of sp³-hybridized carbons (Fsp3) is 0.923. The molecule has 1 heterocycles. The third kappa shape index (κ3) is 3.21. The van der Waals surface area contributed by atoms with Crippen LogP contribution in [0, 0.1) is 11.3 Å². The Morgan fingerprint density at radius 1 is 1.50 bits per heavy atom. The van der Waals surface area contributed by atoms with E-state index in [9.17, 15) is 4.79 Å². The van der Waals surface area contributed by atoms with E-state index in [0.29, 0.717) is 0 Å². The molecule has 0 aromatic rings. The third-order valence-corrected chi connectivity index (χ3v) is 3.75. The lowest BCUT2D eigenvalue weighted by atomic mass is 9.83. The number of carbonyl (C=O) groups excluding carboxylic acids is 1. The van der Waals surface area contributed by atoms with E-state index in [1.165, 1.54) is 6.42 Å². The summed E-state index contributed by atoms with van der Waals surface area (Å²) in [5.41, 5.74) is 6.25. The average molecular weight is 226 g/mol. The molecule has 1 rings (SSSR count). The van der Waals surface area contributed by atoms with E-state index in [-0.39, 0.29) is 23.3 Å². The molecule has 1 aliphatic rings. The Morgan fingerprint density at radius 2 is 2.12 bits per heavy atom. The maximum absolute atomic E-state index is 12.2. The van der Waals surface area contributed by atoms with Crippen LogP contribution < -0.4 is 5.73 Å². The van der Waals surface area contributed by atoms with Crippen molar-refractivity contribution in [3.8, 4) is 0 Å². The molecule has 1 saturated heterocycles. The summed E-state index contributed by atoms with van der Waals surface area (Å²) in [5.74, 6) is 0.416. The number of piperidine rings is 1. The fourth-order valence-corrected chi connectivity index (χ4v) is 2.32. The molecule has 0 aromatic carbocycles. The first-order valence-corrected chi connectivity index (χ1v) is 6.42. The molecule has 16 heavy (non-hydrogen) atoms. The molecule has 1 aliphatic heterocycles. The molecular weight excluding hydrogens is 200 g/mol. The van der Waals surface area contributed by atoms with Crippen molar-refractivity contribution in [2.24, 2.45) is 17.1 Å².